The second-order valence-corrected chi connectivity index (χ2v) is 7.42. The Morgan fingerprint density at radius 1 is 1.27 bits per heavy atom. The van der Waals surface area contributed by atoms with Crippen LogP contribution >= 0.6 is 11.3 Å². The maximum Gasteiger partial charge on any atom is 0.252 e. The first-order valence-corrected chi connectivity index (χ1v) is 9.60. The molecule has 0 aliphatic carbocycles. The van der Waals surface area contributed by atoms with Crippen molar-refractivity contribution in [2.45, 2.75) is 25.3 Å². The summed E-state index contributed by atoms with van der Waals surface area (Å²) in [4.78, 5) is 17.6. The molecule has 3 aromatic rings. The largest absolute Gasteiger partial charge is 0.324 e. The van der Waals surface area contributed by atoms with Gasteiger partial charge in [-0.15, -0.1) is 11.3 Å². The maximum atomic E-state index is 13.1. The Bertz CT molecular complexity index is 879. The fourth-order valence-electron chi connectivity index (χ4n) is 3.35. The van der Waals surface area contributed by atoms with E-state index >= 15 is 0 Å². The Balaban J connectivity index is 1.55. The van der Waals surface area contributed by atoms with Crippen LogP contribution in [0.15, 0.2) is 48.1 Å². The fraction of sp³-hybridized carbons (Fsp3) is 0.316. The zero-order chi connectivity index (χ0) is 18.0. The number of hydrogen-bond acceptors (Lipinski definition) is 5. The van der Waals surface area contributed by atoms with Gasteiger partial charge in [-0.2, -0.15) is 5.10 Å². The molecule has 1 fully saturated rings. The van der Waals surface area contributed by atoms with Crippen molar-refractivity contribution in [3.05, 3.63) is 53.8 Å². The van der Waals surface area contributed by atoms with Gasteiger partial charge in [-0.25, -0.2) is 4.98 Å². The predicted octanol–water partition coefficient (Wildman–Crippen LogP) is 3.03. The summed E-state index contributed by atoms with van der Waals surface area (Å²) in [6.45, 7) is 3.59. The average Bonchev–Trinajstić information content (AvgIpc) is 3.35. The summed E-state index contributed by atoms with van der Waals surface area (Å²) in [6, 6.07) is 9.72. The third-order valence-corrected chi connectivity index (χ3v) is 5.81. The lowest BCUT2D eigenvalue weighted by atomic mass is 9.87. The van der Waals surface area contributed by atoms with Gasteiger partial charge in [0, 0.05) is 34.7 Å². The minimum Gasteiger partial charge on any atom is -0.324 e. The zero-order valence-corrected chi connectivity index (χ0v) is 15.4. The van der Waals surface area contributed by atoms with Gasteiger partial charge in [-0.1, -0.05) is 0 Å². The second kappa shape index (κ2) is 7.01. The molecule has 2 N–H and O–H groups in total. The quantitative estimate of drug-likeness (QED) is 0.743. The molecule has 1 saturated heterocycles. The smallest absolute Gasteiger partial charge is 0.252 e. The van der Waals surface area contributed by atoms with Crippen LogP contribution in [-0.2, 0) is 10.3 Å². The summed E-state index contributed by atoms with van der Waals surface area (Å²) < 4.78 is 1.80. The summed E-state index contributed by atoms with van der Waals surface area (Å²) >= 11 is 1.63. The molecule has 0 atom stereocenters. The van der Waals surface area contributed by atoms with Gasteiger partial charge in [0.25, 0.3) is 5.91 Å². The predicted molar refractivity (Wildman–Crippen MR) is 103 cm³/mol. The van der Waals surface area contributed by atoms with E-state index in [-0.39, 0.29) is 5.91 Å². The summed E-state index contributed by atoms with van der Waals surface area (Å²) in [5, 5.41) is 13.8. The SMILES string of the molecule is Cc1csc(-c2ccc(NC(=O)C3(n4cccn4)CCNCC3)cc2)n1. The van der Waals surface area contributed by atoms with Crippen molar-refractivity contribution in [2.24, 2.45) is 0 Å². The molecule has 6 nitrogen and oxygen atoms in total. The van der Waals surface area contributed by atoms with Gasteiger partial charge in [0.2, 0.25) is 0 Å². The number of nitrogens with zero attached hydrogens (tertiary/aromatic N) is 3. The highest BCUT2D eigenvalue weighted by molar-refractivity contribution is 7.13. The van der Waals surface area contributed by atoms with Crippen molar-refractivity contribution in [1.29, 1.82) is 0 Å². The first-order valence-electron chi connectivity index (χ1n) is 8.72. The van der Waals surface area contributed by atoms with E-state index < -0.39 is 5.54 Å². The number of piperidine rings is 1. The molecule has 1 aliphatic heterocycles. The van der Waals surface area contributed by atoms with Crippen molar-refractivity contribution in [2.75, 3.05) is 18.4 Å². The molecule has 134 valence electrons. The Labute approximate surface area is 156 Å². The van der Waals surface area contributed by atoms with Crippen LogP contribution in [0.3, 0.4) is 0 Å². The van der Waals surface area contributed by atoms with Crippen LogP contribution < -0.4 is 10.6 Å². The van der Waals surface area contributed by atoms with Crippen LogP contribution in [0.4, 0.5) is 5.69 Å². The molecule has 0 bridgehead atoms. The number of rotatable bonds is 4. The zero-order valence-electron chi connectivity index (χ0n) is 14.6. The monoisotopic (exact) mass is 367 g/mol. The first-order chi connectivity index (χ1) is 12.7. The minimum absolute atomic E-state index is 0.0134. The summed E-state index contributed by atoms with van der Waals surface area (Å²) in [6.07, 6.45) is 5.04. The molecular formula is C19H21N5OS. The highest BCUT2D eigenvalue weighted by atomic mass is 32.1. The van der Waals surface area contributed by atoms with Crippen molar-refractivity contribution in [1.82, 2.24) is 20.1 Å². The fourth-order valence-corrected chi connectivity index (χ4v) is 4.16. The number of carbonyl (C=O) groups excluding carboxylic acids is 1. The highest BCUT2D eigenvalue weighted by Crippen LogP contribution is 2.30. The van der Waals surface area contributed by atoms with Gasteiger partial charge >= 0.3 is 0 Å². The number of aromatic nitrogens is 3. The number of benzene rings is 1. The molecule has 1 aromatic carbocycles. The number of anilines is 1. The van der Waals surface area contributed by atoms with Crippen molar-refractivity contribution in [3.8, 4) is 10.6 Å². The van der Waals surface area contributed by atoms with E-state index in [2.05, 4.69) is 20.7 Å². The number of thiazole rings is 1. The third kappa shape index (κ3) is 3.15. The number of hydrogen-bond donors (Lipinski definition) is 2. The highest BCUT2D eigenvalue weighted by Gasteiger charge is 2.42. The van der Waals surface area contributed by atoms with Crippen LogP contribution in [0.25, 0.3) is 10.6 Å². The summed E-state index contributed by atoms with van der Waals surface area (Å²) in [5.74, 6) is -0.0134. The normalized spacial score (nSPS) is 16.3. The number of carbonyl (C=O) groups is 1. The number of amides is 1. The van der Waals surface area contributed by atoms with E-state index in [0.29, 0.717) is 0 Å². The first kappa shape index (κ1) is 16.9. The van der Waals surface area contributed by atoms with E-state index in [1.165, 1.54) is 0 Å². The van der Waals surface area contributed by atoms with Crippen LogP contribution in [0.2, 0.25) is 0 Å². The van der Waals surface area contributed by atoms with E-state index in [9.17, 15) is 4.79 Å². The van der Waals surface area contributed by atoms with Crippen molar-refractivity contribution < 1.29 is 4.79 Å². The van der Waals surface area contributed by atoms with E-state index in [0.717, 1.165) is 47.9 Å². The van der Waals surface area contributed by atoms with Gasteiger partial charge < -0.3 is 10.6 Å². The standard InChI is InChI=1S/C19H21N5OS/c1-14-13-26-17(22-14)15-3-5-16(6-4-15)23-18(25)19(7-10-20-11-8-19)24-12-2-9-21-24/h2-6,9,12-13,20H,7-8,10-11H2,1H3,(H,23,25). The molecule has 1 aliphatic rings. The Kier molecular flexibility index (Phi) is 4.57. The molecular weight excluding hydrogens is 346 g/mol. The molecule has 0 spiro atoms. The van der Waals surface area contributed by atoms with Gasteiger partial charge in [0.15, 0.2) is 0 Å². The minimum atomic E-state index is -0.639. The molecule has 0 saturated carbocycles. The van der Waals surface area contributed by atoms with E-state index in [1.807, 2.05) is 48.8 Å². The van der Waals surface area contributed by atoms with Gasteiger partial charge in [0.1, 0.15) is 10.5 Å². The molecule has 3 heterocycles. The van der Waals surface area contributed by atoms with Gasteiger partial charge in [-0.3, -0.25) is 9.48 Å². The Hall–Kier alpha value is -2.51. The summed E-state index contributed by atoms with van der Waals surface area (Å²) in [5.41, 5.74) is 2.23. The molecule has 4 rings (SSSR count). The maximum absolute atomic E-state index is 13.1. The van der Waals surface area contributed by atoms with Crippen molar-refractivity contribution in [3.63, 3.8) is 0 Å². The second-order valence-electron chi connectivity index (χ2n) is 6.56. The molecule has 0 radical (unpaired) electrons. The van der Waals surface area contributed by atoms with Crippen molar-refractivity contribution >= 4 is 22.9 Å². The molecule has 1 amide bonds. The molecule has 2 aromatic heterocycles. The average molecular weight is 367 g/mol. The number of nitrogens with one attached hydrogen (secondary N) is 2. The van der Waals surface area contributed by atoms with Crippen LogP contribution in [0.5, 0.6) is 0 Å². The van der Waals surface area contributed by atoms with E-state index in [1.54, 1.807) is 22.2 Å². The van der Waals surface area contributed by atoms with Crippen LogP contribution in [-0.4, -0.2) is 33.8 Å². The molecule has 7 heteroatoms. The third-order valence-electron chi connectivity index (χ3n) is 4.81. The Morgan fingerprint density at radius 3 is 2.65 bits per heavy atom. The topological polar surface area (TPSA) is 71.8 Å². The van der Waals surface area contributed by atoms with Crippen LogP contribution in [0, 0.1) is 6.92 Å². The van der Waals surface area contributed by atoms with Gasteiger partial charge in [-0.05, 0) is 63.2 Å². The molecule has 0 unspecified atom stereocenters. The van der Waals surface area contributed by atoms with E-state index in [4.69, 9.17) is 0 Å². The lowest BCUT2D eigenvalue weighted by molar-refractivity contribution is -0.126. The lowest BCUT2D eigenvalue weighted by Gasteiger charge is -2.36. The Morgan fingerprint density at radius 2 is 2.04 bits per heavy atom. The summed E-state index contributed by atoms with van der Waals surface area (Å²) in [7, 11) is 0. The van der Waals surface area contributed by atoms with Crippen LogP contribution in [0.1, 0.15) is 18.5 Å². The number of aryl methyl sites for hydroxylation is 1. The lowest BCUT2D eigenvalue weighted by Crippen LogP contribution is -2.52. The molecule has 26 heavy (non-hydrogen) atoms. The van der Waals surface area contributed by atoms with Gasteiger partial charge in [0.05, 0.1) is 0 Å².